The summed E-state index contributed by atoms with van der Waals surface area (Å²) in [5, 5.41) is 0.0118. The molecule has 7 heteroatoms. The molecule has 138 valence electrons. The van der Waals surface area contributed by atoms with E-state index in [0.29, 0.717) is 19.6 Å². The van der Waals surface area contributed by atoms with Crippen LogP contribution in [0.2, 0.25) is 0 Å². The third-order valence-corrected chi connectivity index (χ3v) is 5.86. The van der Waals surface area contributed by atoms with Crippen molar-refractivity contribution in [3.05, 3.63) is 0 Å². The molecule has 0 aromatic rings. The van der Waals surface area contributed by atoms with Gasteiger partial charge in [0.2, 0.25) is 5.91 Å². The Kier molecular flexibility index (Phi) is 6.80. The van der Waals surface area contributed by atoms with Crippen molar-refractivity contribution >= 4 is 23.8 Å². The average molecular weight is 358 g/mol. The number of nitrogens with zero attached hydrogens (tertiary/aromatic N) is 3. The minimum atomic E-state index is -0.382. The van der Waals surface area contributed by atoms with Crippen molar-refractivity contribution in [2.24, 2.45) is 0 Å². The van der Waals surface area contributed by atoms with Crippen LogP contribution in [0.5, 0.6) is 0 Å². The van der Waals surface area contributed by atoms with E-state index < -0.39 is 0 Å². The van der Waals surface area contributed by atoms with Gasteiger partial charge in [-0.05, 0) is 39.7 Å². The Morgan fingerprint density at radius 1 is 1.38 bits per heavy atom. The molecule has 2 aliphatic heterocycles. The number of ether oxygens (including phenoxy) is 1. The van der Waals surface area contributed by atoms with Crippen LogP contribution in [0.4, 0.5) is 4.79 Å². The molecule has 1 unspecified atom stereocenters. The van der Waals surface area contributed by atoms with Crippen LogP contribution in [0.1, 0.15) is 33.1 Å². The van der Waals surface area contributed by atoms with E-state index >= 15 is 0 Å². The quantitative estimate of drug-likeness (QED) is 0.696. The maximum absolute atomic E-state index is 12.4. The molecule has 24 heavy (non-hydrogen) atoms. The molecule has 2 heterocycles. The van der Waals surface area contributed by atoms with Crippen molar-refractivity contribution in [1.29, 1.82) is 0 Å². The van der Waals surface area contributed by atoms with Gasteiger partial charge in [0.05, 0.1) is 11.8 Å². The Morgan fingerprint density at radius 2 is 2.04 bits per heavy atom. The summed E-state index contributed by atoms with van der Waals surface area (Å²) in [4.78, 5) is 30.4. The van der Waals surface area contributed by atoms with Crippen molar-refractivity contribution in [3.8, 4) is 0 Å². The maximum Gasteiger partial charge on any atom is 0.410 e. The zero-order chi connectivity index (χ0) is 17.7. The highest BCUT2D eigenvalue weighted by molar-refractivity contribution is 8.00. The Morgan fingerprint density at radius 3 is 2.62 bits per heavy atom. The SMILES string of the molecule is CCSC(C)C(=O)N1CCC2(CC1)CN(CCCN(C)C)C(=O)O2. The Bertz CT molecular complexity index is 450. The van der Waals surface area contributed by atoms with E-state index in [9.17, 15) is 9.59 Å². The molecule has 0 aliphatic carbocycles. The first-order chi connectivity index (χ1) is 11.4. The van der Waals surface area contributed by atoms with Crippen molar-refractivity contribution in [2.45, 2.75) is 44.0 Å². The summed E-state index contributed by atoms with van der Waals surface area (Å²) in [5.41, 5.74) is -0.382. The van der Waals surface area contributed by atoms with Gasteiger partial charge >= 0.3 is 6.09 Å². The molecular formula is C17H31N3O3S. The monoisotopic (exact) mass is 357 g/mol. The molecule has 1 spiro atoms. The molecular weight excluding hydrogens is 326 g/mol. The molecule has 0 bridgehead atoms. The first kappa shape index (κ1) is 19.4. The molecule has 2 saturated heterocycles. The predicted octanol–water partition coefficient (Wildman–Crippen LogP) is 1.89. The van der Waals surface area contributed by atoms with Crippen molar-refractivity contribution in [3.63, 3.8) is 0 Å². The fourth-order valence-electron chi connectivity index (χ4n) is 3.42. The number of rotatable bonds is 7. The van der Waals surface area contributed by atoms with Crippen LogP contribution in [0.15, 0.2) is 0 Å². The lowest BCUT2D eigenvalue weighted by molar-refractivity contribution is -0.133. The molecule has 0 aromatic heterocycles. The van der Waals surface area contributed by atoms with E-state index in [0.717, 1.165) is 38.1 Å². The number of thioether (sulfide) groups is 1. The molecule has 6 nitrogen and oxygen atoms in total. The molecule has 0 radical (unpaired) electrons. The van der Waals surface area contributed by atoms with E-state index in [-0.39, 0.29) is 22.9 Å². The second-order valence-corrected chi connectivity index (χ2v) is 8.67. The molecule has 2 fully saturated rings. The topological polar surface area (TPSA) is 53.1 Å². The van der Waals surface area contributed by atoms with Crippen LogP contribution in [0.25, 0.3) is 0 Å². The van der Waals surface area contributed by atoms with Gasteiger partial charge in [-0.2, -0.15) is 0 Å². The summed E-state index contributed by atoms with van der Waals surface area (Å²) in [6, 6.07) is 0. The molecule has 0 N–H and O–H groups in total. The van der Waals surface area contributed by atoms with E-state index in [2.05, 4.69) is 11.8 Å². The van der Waals surface area contributed by atoms with Crippen LogP contribution < -0.4 is 0 Å². The molecule has 2 aliphatic rings. The van der Waals surface area contributed by atoms with Gasteiger partial charge in [0.25, 0.3) is 0 Å². The third kappa shape index (κ3) is 4.79. The number of hydrogen-bond donors (Lipinski definition) is 0. The summed E-state index contributed by atoms with van der Waals surface area (Å²) >= 11 is 1.68. The minimum Gasteiger partial charge on any atom is -0.441 e. The number of amides is 2. The highest BCUT2D eigenvalue weighted by Gasteiger charge is 2.47. The first-order valence-electron chi connectivity index (χ1n) is 8.90. The summed E-state index contributed by atoms with van der Waals surface area (Å²) in [5.74, 6) is 1.16. The molecule has 0 aromatic carbocycles. The van der Waals surface area contributed by atoms with Crippen LogP contribution in [0, 0.1) is 0 Å². The predicted molar refractivity (Wildman–Crippen MR) is 97.4 cm³/mol. The number of likely N-dealkylation sites (tertiary alicyclic amines) is 1. The van der Waals surface area contributed by atoms with E-state index in [1.807, 2.05) is 30.8 Å². The number of carbonyl (C=O) groups is 2. The van der Waals surface area contributed by atoms with Gasteiger partial charge in [0.15, 0.2) is 0 Å². The molecule has 2 rings (SSSR count). The zero-order valence-corrected chi connectivity index (χ0v) is 16.2. The van der Waals surface area contributed by atoms with Gasteiger partial charge in [0, 0.05) is 32.5 Å². The van der Waals surface area contributed by atoms with Crippen molar-refractivity contribution in [1.82, 2.24) is 14.7 Å². The fourth-order valence-corrected chi connectivity index (χ4v) is 4.21. The number of piperidine rings is 1. The standard InChI is InChI=1S/C17H31N3O3S/c1-5-24-14(2)15(21)19-11-7-17(8-12-19)13-20(16(22)23-17)10-6-9-18(3)4/h14H,5-13H2,1-4H3. The van der Waals surface area contributed by atoms with Crippen LogP contribution >= 0.6 is 11.8 Å². The van der Waals surface area contributed by atoms with Gasteiger partial charge in [-0.25, -0.2) is 4.79 Å². The van der Waals surface area contributed by atoms with Crippen LogP contribution in [-0.4, -0.2) is 90.1 Å². The Balaban J connectivity index is 1.82. The highest BCUT2D eigenvalue weighted by atomic mass is 32.2. The zero-order valence-electron chi connectivity index (χ0n) is 15.4. The van der Waals surface area contributed by atoms with Gasteiger partial charge < -0.3 is 19.4 Å². The Hall–Kier alpha value is -0.950. The van der Waals surface area contributed by atoms with E-state index in [4.69, 9.17) is 4.74 Å². The lowest BCUT2D eigenvalue weighted by atomic mass is 9.91. The number of carbonyl (C=O) groups excluding carboxylic acids is 2. The fraction of sp³-hybridized carbons (Fsp3) is 0.882. The van der Waals surface area contributed by atoms with Gasteiger partial charge in [-0.3, -0.25) is 4.79 Å². The second-order valence-electron chi connectivity index (χ2n) is 7.05. The second kappa shape index (κ2) is 8.43. The normalized spacial score (nSPS) is 21.5. The van der Waals surface area contributed by atoms with Crippen LogP contribution in [0.3, 0.4) is 0 Å². The first-order valence-corrected chi connectivity index (χ1v) is 9.95. The van der Waals surface area contributed by atoms with Crippen LogP contribution in [-0.2, 0) is 9.53 Å². The maximum atomic E-state index is 12.4. The molecule has 0 saturated carbocycles. The summed E-state index contributed by atoms with van der Waals surface area (Å²) in [7, 11) is 4.07. The smallest absolute Gasteiger partial charge is 0.410 e. The van der Waals surface area contributed by atoms with Crippen molar-refractivity contribution < 1.29 is 14.3 Å². The molecule has 1 atom stereocenters. The van der Waals surface area contributed by atoms with Crippen molar-refractivity contribution in [2.75, 3.05) is 52.6 Å². The van der Waals surface area contributed by atoms with E-state index in [1.165, 1.54) is 0 Å². The summed E-state index contributed by atoms with van der Waals surface area (Å²) in [6.07, 6.45) is 2.26. The van der Waals surface area contributed by atoms with Gasteiger partial charge in [-0.1, -0.05) is 6.92 Å². The summed E-state index contributed by atoms with van der Waals surface area (Å²) in [6.45, 7) is 7.79. The van der Waals surface area contributed by atoms with E-state index in [1.54, 1.807) is 11.8 Å². The average Bonchev–Trinajstić information content (AvgIpc) is 2.83. The van der Waals surface area contributed by atoms with Gasteiger partial charge in [0.1, 0.15) is 5.60 Å². The summed E-state index contributed by atoms with van der Waals surface area (Å²) < 4.78 is 5.73. The highest BCUT2D eigenvalue weighted by Crippen LogP contribution is 2.33. The van der Waals surface area contributed by atoms with Gasteiger partial charge in [-0.15, -0.1) is 11.8 Å². The number of hydrogen-bond acceptors (Lipinski definition) is 5. The third-order valence-electron chi connectivity index (χ3n) is 4.83. The largest absolute Gasteiger partial charge is 0.441 e. The molecule has 2 amide bonds. The minimum absolute atomic E-state index is 0.0118. The Labute approximate surface area is 149 Å². The lowest BCUT2D eigenvalue weighted by Gasteiger charge is -2.38. The lowest BCUT2D eigenvalue weighted by Crippen LogP contribution is -2.50.